The predicted molar refractivity (Wildman–Crippen MR) is 95.4 cm³/mol. The first-order valence-electron chi connectivity index (χ1n) is 8.34. The first kappa shape index (κ1) is 16.2. The summed E-state index contributed by atoms with van der Waals surface area (Å²) in [4.78, 5) is 26.8. The minimum atomic E-state index is -0.139. The monoisotopic (exact) mass is 322 g/mol. The molecule has 0 bridgehead atoms. The molecule has 1 aliphatic heterocycles. The summed E-state index contributed by atoms with van der Waals surface area (Å²) in [6.45, 7) is 5.40. The zero-order valence-corrected chi connectivity index (χ0v) is 14.1. The Hall–Kier alpha value is -2.62. The molecule has 1 N–H and O–H groups in total. The number of amides is 2. The Balaban J connectivity index is 1.79. The summed E-state index contributed by atoms with van der Waals surface area (Å²) in [5, 5.41) is 2.89. The minimum Gasteiger partial charge on any atom is -0.352 e. The number of anilines is 1. The molecule has 2 aromatic rings. The normalized spacial score (nSPS) is 13.0. The van der Waals surface area contributed by atoms with Gasteiger partial charge in [-0.05, 0) is 42.2 Å². The summed E-state index contributed by atoms with van der Waals surface area (Å²) in [7, 11) is 0. The van der Waals surface area contributed by atoms with E-state index in [0.29, 0.717) is 30.1 Å². The van der Waals surface area contributed by atoms with Gasteiger partial charge in [0.25, 0.3) is 11.8 Å². The summed E-state index contributed by atoms with van der Waals surface area (Å²) >= 11 is 0. The van der Waals surface area contributed by atoms with Gasteiger partial charge in [0.1, 0.15) is 0 Å². The zero-order chi connectivity index (χ0) is 17.1. The van der Waals surface area contributed by atoms with Crippen molar-refractivity contribution in [2.75, 3.05) is 18.0 Å². The van der Waals surface area contributed by atoms with E-state index >= 15 is 0 Å². The molecule has 0 spiro atoms. The number of carbonyl (C=O) groups excluding carboxylic acids is 2. The van der Waals surface area contributed by atoms with Gasteiger partial charge in [-0.15, -0.1) is 0 Å². The molecule has 124 valence electrons. The first-order chi connectivity index (χ1) is 11.6. The molecule has 0 atom stereocenters. The van der Waals surface area contributed by atoms with Crippen molar-refractivity contribution in [1.29, 1.82) is 0 Å². The SMILES string of the molecule is CC(C)CNC(=O)c1cccc(C(=O)N2CCc3ccccc32)c1. The number of rotatable bonds is 4. The molecular weight excluding hydrogens is 300 g/mol. The molecule has 0 fully saturated rings. The maximum atomic E-state index is 12.8. The molecule has 3 rings (SSSR count). The van der Waals surface area contributed by atoms with Gasteiger partial charge in [0.05, 0.1) is 0 Å². The van der Waals surface area contributed by atoms with E-state index in [-0.39, 0.29) is 11.8 Å². The fraction of sp³-hybridized carbons (Fsp3) is 0.300. The third-order valence-electron chi connectivity index (χ3n) is 4.17. The lowest BCUT2D eigenvalue weighted by Crippen LogP contribution is -2.30. The van der Waals surface area contributed by atoms with Crippen LogP contribution in [-0.4, -0.2) is 24.9 Å². The van der Waals surface area contributed by atoms with E-state index in [9.17, 15) is 9.59 Å². The predicted octanol–water partition coefficient (Wildman–Crippen LogP) is 3.28. The summed E-state index contributed by atoms with van der Waals surface area (Å²) in [5.41, 5.74) is 3.23. The fourth-order valence-electron chi connectivity index (χ4n) is 2.90. The van der Waals surface area contributed by atoms with Crippen molar-refractivity contribution >= 4 is 17.5 Å². The van der Waals surface area contributed by atoms with E-state index in [2.05, 4.69) is 11.4 Å². The molecule has 0 saturated carbocycles. The van der Waals surface area contributed by atoms with Crippen molar-refractivity contribution in [1.82, 2.24) is 5.32 Å². The Labute approximate surface area is 142 Å². The van der Waals surface area contributed by atoms with Crippen LogP contribution in [0.5, 0.6) is 0 Å². The Bertz CT molecular complexity index is 768. The molecule has 2 amide bonds. The quantitative estimate of drug-likeness (QED) is 0.939. The van der Waals surface area contributed by atoms with Crippen molar-refractivity contribution in [2.45, 2.75) is 20.3 Å². The van der Waals surface area contributed by atoms with Gasteiger partial charge in [0.15, 0.2) is 0 Å². The van der Waals surface area contributed by atoms with Crippen LogP contribution in [0.25, 0.3) is 0 Å². The standard InChI is InChI=1S/C20H22N2O2/c1-14(2)13-21-19(23)16-7-5-8-17(12-16)20(24)22-11-10-15-6-3-4-9-18(15)22/h3-9,12,14H,10-11,13H2,1-2H3,(H,21,23). The van der Waals surface area contributed by atoms with Crippen LogP contribution < -0.4 is 10.2 Å². The lowest BCUT2D eigenvalue weighted by Gasteiger charge is -2.17. The molecule has 0 aliphatic carbocycles. The summed E-state index contributed by atoms with van der Waals surface area (Å²) in [5.74, 6) is 0.193. The lowest BCUT2D eigenvalue weighted by atomic mass is 10.1. The molecule has 4 heteroatoms. The molecule has 2 aromatic carbocycles. The largest absolute Gasteiger partial charge is 0.352 e. The van der Waals surface area contributed by atoms with Crippen LogP contribution in [-0.2, 0) is 6.42 Å². The second-order valence-corrected chi connectivity index (χ2v) is 6.52. The van der Waals surface area contributed by atoms with Crippen LogP contribution in [0.3, 0.4) is 0 Å². The van der Waals surface area contributed by atoms with Crippen LogP contribution in [0.1, 0.15) is 40.1 Å². The highest BCUT2D eigenvalue weighted by Gasteiger charge is 2.25. The van der Waals surface area contributed by atoms with E-state index < -0.39 is 0 Å². The number of nitrogens with zero attached hydrogens (tertiary/aromatic N) is 1. The molecule has 4 nitrogen and oxygen atoms in total. The number of carbonyl (C=O) groups is 2. The third kappa shape index (κ3) is 3.32. The molecule has 0 saturated heterocycles. The van der Waals surface area contributed by atoms with Crippen molar-refractivity contribution in [3.63, 3.8) is 0 Å². The van der Waals surface area contributed by atoms with Gasteiger partial charge in [0, 0.05) is 29.9 Å². The number of hydrogen-bond donors (Lipinski definition) is 1. The van der Waals surface area contributed by atoms with Gasteiger partial charge in [-0.2, -0.15) is 0 Å². The van der Waals surface area contributed by atoms with E-state index in [1.54, 1.807) is 29.2 Å². The first-order valence-corrected chi connectivity index (χ1v) is 8.34. The minimum absolute atomic E-state index is 0.0570. The van der Waals surface area contributed by atoms with Crippen molar-refractivity contribution in [3.05, 3.63) is 65.2 Å². The summed E-state index contributed by atoms with van der Waals surface area (Å²) in [6, 6.07) is 14.9. The number of fused-ring (bicyclic) bond motifs is 1. The van der Waals surface area contributed by atoms with Gasteiger partial charge in [0.2, 0.25) is 0 Å². The number of hydrogen-bond acceptors (Lipinski definition) is 2. The van der Waals surface area contributed by atoms with E-state index in [4.69, 9.17) is 0 Å². The second kappa shape index (κ2) is 6.87. The highest BCUT2D eigenvalue weighted by molar-refractivity contribution is 6.08. The Morgan fingerprint density at radius 2 is 1.83 bits per heavy atom. The van der Waals surface area contributed by atoms with Crippen molar-refractivity contribution < 1.29 is 9.59 Å². The average molecular weight is 322 g/mol. The smallest absolute Gasteiger partial charge is 0.258 e. The molecular formula is C20H22N2O2. The molecule has 0 radical (unpaired) electrons. The van der Waals surface area contributed by atoms with Crippen LogP contribution >= 0.6 is 0 Å². The summed E-state index contributed by atoms with van der Waals surface area (Å²) in [6.07, 6.45) is 0.872. The van der Waals surface area contributed by atoms with Crippen LogP contribution in [0.2, 0.25) is 0 Å². The Morgan fingerprint density at radius 1 is 1.08 bits per heavy atom. The number of benzene rings is 2. The Kier molecular flexibility index (Phi) is 4.65. The molecule has 24 heavy (non-hydrogen) atoms. The molecule has 0 aromatic heterocycles. The fourth-order valence-corrected chi connectivity index (χ4v) is 2.90. The maximum Gasteiger partial charge on any atom is 0.258 e. The van der Waals surface area contributed by atoms with Gasteiger partial charge in [-0.25, -0.2) is 0 Å². The van der Waals surface area contributed by atoms with Gasteiger partial charge < -0.3 is 10.2 Å². The van der Waals surface area contributed by atoms with Gasteiger partial charge in [-0.1, -0.05) is 38.1 Å². The van der Waals surface area contributed by atoms with Crippen molar-refractivity contribution in [2.24, 2.45) is 5.92 Å². The van der Waals surface area contributed by atoms with Crippen molar-refractivity contribution in [3.8, 4) is 0 Å². The highest BCUT2D eigenvalue weighted by Crippen LogP contribution is 2.28. The average Bonchev–Trinajstić information content (AvgIpc) is 3.03. The van der Waals surface area contributed by atoms with E-state index in [1.807, 2.05) is 32.0 Å². The zero-order valence-electron chi connectivity index (χ0n) is 14.1. The number of nitrogens with one attached hydrogen (secondary N) is 1. The molecule has 1 aliphatic rings. The molecule has 1 heterocycles. The van der Waals surface area contributed by atoms with Crippen LogP contribution in [0, 0.1) is 5.92 Å². The summed E-state index contributed by atoms with van der Waals surface area (Å²) < 4.78 is 0. The van der Waals surface area contributed by atoms with Crippen LogP contribution in [0.4, 0.5) is 5.69 Å². The van der Waals surface area contributed by atoms with Gasteiger partial charge >= 0.3 is 0 Å². The second-order valence-electron chi connectivity index (χ2n) is 6.52. The Morgan fingerprint density at radius 3 is 2.62 bits per heavy atom. The maximum absolute atomic E-state index is 12.8. The highest BCUT2D eigenvalue weighted by atomic mass is 16.2. The third-order valence-corrected chi connectivity index (χ3v) is 4.17. The van der Waals surface area contributed by atoms with E-state index in [1.165, 1.54) is 5.56 Å². The van der Waals surface area contributed by atoms with E-state index in [0.717, 1.165) is 12.1 Å². The molecule has 0 unspecified atom stereocenters. The van der Waals surface area contributed by atoms with Crippen LogP contribution in [0.15, 0.2) is 48.5 Å². The van der Waals surface area contributed by atoms with Gasteiger partial charge in [-0.3, -0.25) is 9.59 Å². The number of para-hydroxylation sites is 1. The lowest BCUT2D eigenvalue weighted by molar-refractivity contribution is 0.0949. The topological polar surface area (TPSA) is 49.4 Å².